The van der Waals surface area contributed by atoms with E-state index in [-0.39, 0.29) is 11.4 Å². The molecule has 0 radical (unpaired) electrons. The van der Waals surface area contributed by atoms with Crippen molar-refractivity contribution in [3.63, 3.8) is 0 Å². The summed E-state index contributed by atoms with van der Waals surface area (Å²) in [6.45, 7) is 2.24. The SMILES string of the molecule is CCC1CCCC(N)(Cc2ccc(F)cc2)C1. The number of halogens is 1. The van der Waals surface area contributed by atoms with Gasteiger partial charge in [-0.05, 0) is 42.9 Å². The molecule has 17 heavy (non-hydrogen) atoms. The minimum atomic E-state index is -0.171. The number of hydrogen-bond donors (Lipinski definition) is 1. The van der Waals surface area contributed by atoms with E-state index < -0.39 is 0 Å². The van der Waals surface area contributed by atoms with Crippen LogP contribution in [0.1, 0.15) is 44.6 Å². The van der Waals surface area contributed by atoms with Crippen LogP contribution in [0.4, 0.5) is 4.39 Å². The van der Waals surface area contributed by atoms with Crippen molar-refractivity contribution in [2.45, 2.75) is 51.0 Å². The van der Waals surface area contributed by atoms with E-state index >= 15 is 0 Å². The molecule has 1 aliphatic carbocycles. The summed E-state index contributed by atoms with van der Waals surface area (Å²) in [7, 11) is 0. The Morgan fingerprint density at radius 1 is 1.35 bits per heavy atom. The summed E-state index contributed by atoms with van der Waals surface area (Å²) in [6.07, 6.45) is 6.86. The molecule has 2 N–H and O–H groups in total. The summed E-state index contributed by atoms with van der Waals surface area (Å²) in [4.78, 5) is 0. The summed E-state index contributed by atoms with van der Waals surface area (Å²) in [6, 6.07) is 6.77. The zero-order chi connectivity index (χ0) is 12.3. The highest BCUT2D eigenvalue weighted by Gasteiger charge is 2.31. The monoisotopic (exact) mass is 235 g/mol. The maximum atomic E-state index is 12.8. The van der Waals surface area contributed by atoms with Crippen LogP contribution in [-0.4, -0.2) is 5.54 Å². The second-order valence-electron chi connectivity index (χ2n) is 5.54. The van der Waals surface area contributed by atoms with Crippen LogP contribution in [0.15, 0.2) is 24.3 Å². The van der Waals surface area contributed by atoms with Gasteiger partial charge in [0, 0.05) is 5.54 Å². The molecule has 1 aromatic carbocycles. The second-order valence-corrected chi connectivity index (χ2v) is 5.54. The van der Waals surface area contributed by atoms with Gasteiger partial charge in [-0.3, -0.25) is 0 Å². The molecule has 0 spiro atoms. The topological polar surface area (TPSA) is 26.0 Å². The summed E-state index contributed by atoms with van der Waals surface area (Å²) in [5.41, 5.74) is 7.59. The lowest BCUT2D eigenvalue weighted by Crippen LogP contribution is -2.46. The largest absolute Gasteiger partial charge is 0.325 e. The zero-order valence-corrected chi connectivity index (χ0v) is 10.6. The van der Waals surface area contributed by atoms with Gasteiger partial charge in [-0.15, -0.1) is 0 Å². The molecule has 1 saturated carbocycles. The molecule has 1 fully saturated rings. The fourth-order valence-electron chi connectivity index (χ4n) is 3.04. The van der Waals surface area contributed by atoms with Crippen LogP contribution in [-0.2, 0) is 6.42 Å². The first-order valence-corrected chi connectivity index (χ1v) is 6.65. The first kappa shape index (κ1) is 12.6. The Balaban J connectivity index is 2.03. The smallest absolute Gasteiger partial charge is 0.123 e. The third-order valence-electron chi connectivity index (χ3n) is 4.03. The molecule has 1 aromatic rings. The highest BCUT2D eigenvalue weighted by molar-refractivity contribution is 5.19. The molecule has 1 nitrogen and oxygen atoms in total. The molecule has 0 aromatic heterocycles. The standard InChI is InChI=1S/C15H22FN/c1-2-12-4-3-9-15(17,10-12)11-13-5-7-14(16)8-6-13/h5-8,12H,2-4,9-11,17H2,1H3. The first-order valence-electron chi connectivity index (χ1n) is 6.65. The molecule has 1 aliphatic rings. The second kappa shape index (κ2) is 5.18. The molecule has 0 saturated heterocycles. The van der Waals surface area contributed by atoms with Crippen molar-refractivity contribution >= 4 is 0 Å². The van der Waals surface area contributed by atoms with Crippen molar-refractivity contribution in [2.24, 2.45) is 11.7 Å². The predicted molar refractivity (Wildman–Crippen MR) is 69.3 cm³/mol. The van der Waals surface area contributed by atoms with Crippen LogP contribution in [0.2, 0.25) is 0 Å². The maximum Gasteiger partial charge on any atom is 0.123 e. The highest BCUT2D eigenvalue weighted by Crippen LogP contribution is 2.34. The van der Waals surface area contributed by atoms with Gasteiger partial charge in [-0.1, -0.05) is 38.3 Å². The molecule has 0 heterocycles. The van der Waals surface area contributed by atoms with Gasteiger partial charge in [0.25, 0.3) is 0 Å². The van der Waals surface area contributed by atoms with E-state index in [2.05, 4.69) is 6.92 Å². The summed E-state index contributed by atoms with van der Waals surface area (Å²) in [5, 5.41) is 0. The molecule has 2 atom stereocenters. The number of benzene rings is 1. The lowest BCUT2D eigenvalue weighted by atomic mass is 9.72. The fraction of sp³-hybridized carbons (Fsp3) is 0.600. The molecule has 0 aliphatic heterocycles. The van der Waals surface area contributed by atoms with Gasteiger partial charge in [0.15, 0.2) is 0 Å². The van der Waals surface area contributed by atoms with Gasteiger partial charge in [-0.25, -0.2) is 4.39 Å². The Morgan fingerprint density at radius 2 is 2.06 bits per heavy atom. The van der Waals surface area contributed by atoms with Gasteiger partial charge in [-0.2, -0.15) is 0 Å². The summed E-state index contributed by atoms with van der Waals surface area (Å²) >= 11 is 0. The van der Waals surface area contributed by atoms with E-state index in [4.69, 9.17) is 5.73 Å². The van der Waals surface area contributed by atoms with Crippen molar-refractivity contribution < 1.29 is 4.39 Å². The van der Waals surface area contributed by atoms with E-state index in [1.165, 1.54) is 31.4 Å². The number of hydrogen-bond acceptors (Lipinski definition) is 1. The first-order chi connectivity index (χ1) is 8.11. The minimum Gasteiger partial charge on any atom is -0.325 e. The highest BCUT2D eigenvalue weighted by atomic mass is 19.1. The molecule has 0 amide bonds. The number of rotatable bonds is 3. The van der Waals surface area contributed by atoms with Gasteiger partial charge < -0.3 is 5.73 Å². The van der Waals surface area contributed by atoms with Gasteiger partial charge in [0.05, 0.1) is 0 Å². The summed E-state index contributed by atoms with van der Waals surface area (Å²) in [5.74, 6) is 0.601. The Bertz CT molecular complexity index is 360. The molecule has 2 rings (SSSR count). The normalized spacial score (nSPS) is 29.2. The quantitative estimate of drug-likeness (QED) is 0.850. The van der Waals surface area contributed by atoms with Crippen LogP contribution >= 0.6 is 0 Å². The molecular formula is C15H22FN. The van der Waals surface area contributed by atoms with E-state index in [0.717, 1.165) is 30.7 Å². The van der Waals surface area contributed by atoms with Crippen molar-refractivity contribution in [3.8, 4) is 0 Å². The Hall–Kier alpha value is -0.890. The Labute approximate surface area is 103 Å². The molecule has 0 bridgehead atoms. The molecule has 2 unspecified atom stereocenters. The number of nitrogens with two attached hydrogens (primary N) is 1. The van der Waals surface area contributed by atoms with E-state index in [1.54, 1.807) is 0 Å². The van der Waals surface area contributed by atoms with Gasteiger partial charge >= 0.3 is 0 Å². The van der Waals surface area contributed by atoms with Crippen molar-refractivity contribution in [1.82, 2.24) is 0 Å². The third-order valence-corrected chi connectivity index (χ3v) is 4.03. The van der Waals surface area contributed by atoms with Crippen molar-refractivity contribution in [1.29, 1.82) is 0 Å². The zero-order valence-electron chi connectivity index (χ0n) is 10.6. The van der Waals surface area contributed by atoms with Crippen LogP contribution < -0.4 is 5.73 Å². The Morgan fingerprint density at radius 3 is 2.71 bits per heavy atom. The van der Waals surface area contributed by atoms with Crippen LogP contribution in [0, 0.1) is 11.7 Å². The lowest BCUT2D eigenvalue weighted by molar-refractivity contribution is 0.218. The fourth-order valence-corrected chi connectivity index (χ4v) is 3.04. The average molecular weight is 235 g/mol. The predicted octanol–water partition coefficient (Wildman–Crippen LogP) is 3.67. The lowest BCUT2D eigenvalue weighted by Gasteiger charge is -2.38. The van der Waals surface area contributed by atoms with E-state index in [1.807, 2.05) is 12.1 Å². The molecule has 94 valence electrons. The molecular weight excluding hydrogens is 213 g/mol. The van der Waals surface area contributed by atoms with Gasteiger partial charge in [0.1, 0.15) is 5.82 Å². The van der Waals surface area contributed by atoms with Crippen molar-refractivity contribution in [3.05, 3.63) is 35.6 Å². The van der Waals surface area contributed by atoms with E-state index in [0.29, 0.717) is 0 Å². The summed E-state index contributed by atoms with van der Waals surface area (Å²) < 4.78 is 12.8. The maximum absolute atomic E-state index is 12.8. The van der Waals surface area contributed by atoms with Crippen LogP contribution in [0.5, 0.6) is 0 Å². The van der Waals surface area contributed by atoms with Gasteiger partial charge in [0.2, 0.25) is 0 Å². The Kier molecular flexibility index (Phi) is 3.82. The van der Waals surface area contributed by atoms with Crippen LogP contribution in [0.25, 0.3) is 0 Å². The van der Waals surface area contributed by atoms with Crippen LogP contribution in [0.3, 0.4) is 0 Å². The molecule has 2 heteroatoms. The van der Waals surface area contributed by atoms with Crippen molar-refractivity contribution in [2.75, 3.05) is 0 Å². The van der Waals surface area contributed by atoms with E-state index in [9.17, 15) is 4.39 Å². The third kappa shape index (κ3) is 3.29. The average Bonchev–Trinajstić information content (AvgIpc) is 2.32. The minimum absolute atomic E-state index is 0.0727.